The van der Waals surface area contributed by atoms with Crippen LogP contribution in [-0.4, -0.2) is 53.6 Å². The van der Waals surface area contributed by atoms with Crippen LogP contribution in [0.4, 0.5) is 4.79 Å². The first kappa shape index (κ1) is 16.8. The molecule has 2 fully saturated rings. The summed E-state index contributed by atoms with van der Waals surface area (Å²) in [6.07, 6.45) is 1.43. The number of piperidine rings is 1. The lowest BCUT2D eigenvalue weighted by Gasteiger charge is -2.38. The monoisotopic (exact) mass is 400 g/mol. The Morgan fingerprint density at radius 1 is 1.35 bits per heavy atom. The van der Waals surface area contributed by atoms with Crippen molar-refractivity contribution < 1.29 is 14.3 Å². The first-order chi connectivity index (χ1) is 11.0. The summed E-state index contributed by atoms with van der Waals surface area (Å²) in [5, 5.41) is 0. The molecule has 0 N–H and O–H groups in total. The van der Waals surface area contributed by atoms with Crippen LogP contribution in [0.1, 0.15) is 36.4 Å². The van der Waals surface area contributed by atoms with E-state index in [9.17, 15) is 9.59 Å². The molecule has 7 heteroatoms. The minimum Gasteiger partial charge on any atom is -0.447 e. The highest BCUT2D eigenvalue weighted by Gasteiger charge is 2.41. The Bertz CT molecular complexity index is 596. The van der Waals surface area contributed by atoms with E-state index >= 15 is 0 Å². The lowest BCUT2D eigenvalue weighted by atomic mass is 9.97. The number of halogens is 1. The van der Waals surface area contributed by atoms with Crippen LogP contribution in [0.3, 0.4) is 0 Å². The number of likely N-dealkylation sites (tertiary alicyclic amines) is 1. The topological polar surface area (TPSA) is 49.9 Å². The Labute approximate surface area is 148 Å². The van der Waals surface area contributed by atoms with E-state index < -0.39 is 0 Å². The van der Waals surface area contributed by atoms with Crippen LogP contribution in [0.2, 0.25) is 0 Å². The van der Waals surface area contributed by atoms with Crippen LogP contribution in [0, 0.1) is 5.92 Å². The third-order valence-electron chi connectivity index (χ3n) is 4.64. The van der Waals surface area contributed by atoms with Gasteiger partial charge in [-0.3, -0.25) is 9.69 Å². The summed E-state index contributed by atoms with van der Waals surface area (Å²) in [6.45, 7) is 6.10. The Kier molecular flexibility index (Phi) is 4.96. The van der Waals surface area contributed by atoms with E-state index in [1.54, 1.807) is 0 Å². The first-order valence-corrected chi connectivity index (χ1v) is 9.58. The van der Waals surface area contributed by atoms with E-state index in [0.29, 0.717) is 25.6 Å². The highest BCUT2D eigenvalue weighted by atomic mass is 79.9. The summed E-state index contributed by atoms with van der Waals surface area (Å²) in [6, 6.07) is 4.09. The van der Waals surface area contributed by atoms with Gasteiger partial charge in [0, 0.05) is 19.1 Å². The fourth-order valence-electron chi connectivity index (χ4n) is 3.31. The van der Waals surface area contributed by atoms with Crippen LogP contribution in [0.5, 0.6) is 0 Å². The summed E-state index contributed by atoms with van der Waals surface area (Å²) in [5.74, 6) is 0.466. The standard InChI is InChI=1S/C16H21BrN2O3S/c1-10(2)12-9-22-16(21)19(12)11-5-7-18(8-6-11)15(20)13-3-4-14(17)23-13/h3-4,10-12H,5-9H2,1-2H3. The molecule has 3 heterocycles. The van der Waals surface area contributed by atoms with Gasteiger partial charge in [-0.1, -0.05) is 13.8 Å². The normalized spacial score (nSPS) is 22.8. The fraction of sp³-hybridized carbons (Fsp3) is 0.625. The molecular weight excluding hydrogens is 380 g/mol. The van der Waals surface area contributed by atoms with Crippen LogP contribution in [-0.2, 0) is 4.74 Å². The van der Waals surface area contributed by atoms with Gasteiger partial charge in [0.25, 0.3) is 5.91 Å². The predicted octanol–water partition coefficient (Wildman–Crippen LogP) is 3.59. The molecule has 3 rings (SSSR count). The van der Waals surface area contributed by atoms with Crippen molar-refractivity contribution in [1.82, 2.24) is 9.80 Å². The zero-order valence-electron chi connectivity index (χ0n) is 13.3. The van der Waals surface area contributed by atoms with E-state index in [0.717, 1.165) is 21.5 Å². The molecule has 0 radical (unpaired) electrons. The largest absolute Gasteiger partial charge is 0.447 e. The molecule has 2 aliphatic heterocycles. The second-order valence-electron chi connectivity index (χ2n) is 6.42. The molecule has 1 unspecified atom stereocenters. The molecule has 2 aliphatic rings. The molecule has 1 atom stereocenters. The van der Waals surface area contributed by atoms with Crippen molar-refractivity contribution in [2.75, 3.05) is 19.7 Å². The van der Waals surface area contributed by atoms with Crippen molar-refractivity contribution in [2.24, 2.45) is 5.92 Å². The van der Waals surface area contributed by atoms with Gasteiger partial charge in [-0.25, -0.2) is 4.79 Å². The minimum absolute atomic E-state index is 0.0866. The quantitative estimate of drug-likeness (QED) is 0.778. The van der Waals surface area contributed by atoms with E-state index in [4.69, 9.17) is 4.74 Å². The molecule has 23 heavy (non-hydrogen) atoms. The van der Waals surface area contributed by atoms with Crippen molar-refractivity contribution in [3.05, 3.63) is 20.8 Å². The Hall–Kier alpha value is -1.08. The van der Waals surface area contributed by atoms with Crippen molar-refractivity contribution in [2.45, 2.75) is 38.8 Å². The fourth-order valence-corrected chi connectivity index (χ4v) is 4.67. The Balaban J connectivity index is 1.62. The molecule has 0 saturated carbocycles. The van der Waals surface area contributed by atoms with Crippen molar-refractivity contribution >= 4 is 39.3 Å². The van der Waals surface area contributed by atoms with Gasteiger partial charge >= 0.3 is 6.09 Å². The number of cyclic esters (lactones) is 1. The third-order valence-corrected chi connectivity index (χ3v) is 6.26. The Morgan fingerprint density at radius 2 is 2.04 bits per heavy atom. The second-order valence-corrected chi connectivity index (χ2v) is 8.89. The second kappa shape index (κ2) is 6.81. The molecule has 126 valence electrons. The Morgan fingerprint density at radius 3 is 2.61 bits per heavy atom. The van der Waals surface area contributed by atoms with E-state index in [1.807, 2.05) is 21.9 Å². The number of rotatable bonds is 3. The molecule has 0 aliphatic carbocycles. The average Bonchev–Trinajstić information content (AvgIpc) is 3.13. The summed E-state index contributed by atoms with van der Waals surface area (Å²) >= 11 is 4.86. The molecular formula is C16H21BrN2O3S. The van der Waals surface area contributed by atoms with Gasteiger partial charge in [0.1, 0.15) is 6.61 Å². The van der Waals surface area contributed by atoms with Crippen LogP contribution >= 0.6 is 27.3 Å². The maximum atomic E-state index is 12.5. The smallest absolute Gasteiger partial charge is 0.410 e. The third kappa shape index (κ3) is 3.40. The number of amides is 2. The average molecular weight is 401 g/mol. The zero-order valence-corrected chi connectivity index (χ0v) is 15.7. The predicted molar refractivity (Wildman–Crippen MR) is 92.8 cm³/mol. The van der Waals surface area contributed by atoms with Gasteiger partial charge in [-0.15, -0.1) is 11.3 Å². The van der Waals surface area contributed by atoms with Gasteiger partial charge in [0.2, 0.25) is 0 Å². The van der Waals surface area contributed by atoms with Gasteiger partial charge in [-0.05, 0) is 46.8 Å². The summed E-state index contributed by atoms with van der Waals surface area (Å²) in [7, 11) is 0. The molecule has 1 aromatic heterocycles. The summed E-state index contributed by atoms with van der Waals surface area (Å²) in [4.78, 5) is 29.1. The van der Waals surface area contributed by atoms with E-state index in [1.165, 1.54) is 11.3 Å². The molecule has 5 nitrogen and oxygen atoms in total. The van der Waals surface area contributed by atoms with Crippen molar-refractivity contribution in [3.63, 3.8) is 0 Å². The van der Waals surface area contributed by atoms with Crippen LogP contribution in [0.25, 0.3) is 0 Å². The molecule has 0 spiro atoms. The molecule has 0 bridgehead atoms. The SMILES string of the molecule is CC(C)C1COC(=O)N1C1CCN(C(=O)c2ccc(Br)s2)CC1. The number of nitrogens with zero attached hydrogens (tertiary/aromatic N) is 2. The number of hydrogen-bond acceptors (Lipinski definition) is 4. The first-order valence-electron chi connectivity index (χ1n) is 7.97. The highest BCUT2D eigenvalue weighted by molar-refractivity contribution is 9.11. The zero-order chi connectivity index (χ0) is 16.6. The minimum atomic E-state index is -0.198. The number of carbonyl (C=O) groups excluding carboxylic acids is 2. The van der Waals surface area contributed by atoms with Crippen molar-refractivity contribution in [3.8, 4) is 0 Å². The van der Waals surface area contributed by atoms with Crippen molar-refractivity contribution in [1.29, 1.82) is 0 Å². The van der Waals surface area contributed by atoms with Gasteiger partial charge < -0.3 is 9.64 Å². The number of ether oxygens (including phenoxy) is 1. The van der Waals surface area contributed by atoms with Crippen LogP contribution in [0.15, 0.2) is 15.9 Å². The number of hydrogen-bond donors (Lipinski definition) is 0. The number of carbonyl (C=O) groups is 2. The lowest BCUT2D eigenvalue weighted by molar-refractivity contribution is 0.0624. The van der Waals surface area contributed by atoms with E-state index in [-0.39, 0.29) is 24.1 Å². The molecule has 2 amide bonds. The van der Waals surface area contributed by atoms with E-state index in [2.05, 4.69) is 29.8 Å². The molecule has 0 aromatic carbocycles. The summed E-state index contributed by atoms with van der Waals surface area (Å²) in [5.41, 5.74) is 0. The maximum absolute atomic E-state index is 12.5. The van der Waals surface area contributed by atoms with Gasteiger partial charge in [0.15, 0.2) is 0 Å². The molecule has 2 saturated heterocycles. The number of thiophene rings is 1. The summed E-state index contributed by atoms with van der Waals surface area (Å²) < 4.78 is 6.21. The van der Waals surface area contributed by atoms with Gasteiger partial charge in [-0.2, -0.15) is 0 Å². The van der Waals surface area contributed by atoms with Crippen LogP contribution < -0.4 is 0 Å². The molecule has 1 aromatic rings. The lowest BCUT2D eigenvalue weighted by Crippen LogP contribution is -2.50. The highest BCUT2D eigenvalue weighted by Crippen LogP contribution is 2.29. The van der Waals surface area contributed by atoms with Gasteiger partial charge in [0.05, 0.1) is 14.7 Å². The maximum Gasteiger partial charge on any atom is 0.410 e.